The van der Waals surface area contributed by atoms with Crippen LogP contribution >= 0.6 is 23.2 Å². The molecule has 1 aliphatic rings. The van der Waals surface area contributed by atoms with E-state index in [1.165, 1.54) is 0 Å². The molecule has 5 nitrogen and oxygen atoms in total. The van der Waals surface area contributed by atoms with Gasteiger partial charge in [-0.2, -0.15) is 0 Å². The number of piperazine rings is 1. The first-order valence-corrected chi connectivity index (χ1v) is 7.65. The van der Waals surface area contributed by atoms with E-state index < -0.39 is 0 Å². The molecule has 1 fully saturated rings. The minimum absolute atomic E-state index is 0.538. The number of hydrazine groups is 1. The predicted octanol–water partition coefficient (Wildman–Crippen LogP) is 2.78. The summed E-state index contributed by atoms with van der Waals surface area (Å²) < 4.78 is 0. The van der Waals surface area contributed by atoms with Crippen LogP contribution in [0.15, 0.2) is 6.07 Å². The van der Waals surface area contributed by atoms with Crippen molar-refractivity contribution >= 4 is 34.8 Å². The number of nitrogens with zero attached hydrogens (tertiary/aromatic N) is 3. The van der Waals surface area contributed by atoms with Crippen molar-refractivity contribution in [3.8, 4) is 0 Å². The van der Waals surface area contributed by atoms with Gasteiger partial charge in [-0.15, -0.1) is 0 Å². The number of rotatable bonds is 5. The van der Waals surface area contributed by atoms with Gasteiger partial charge >= 0.3 is 0 Å². The largest absolute Gasteiger partial charge is 0.369 e. The topological polar surface area (TPSA) is 43.4 Å². The minimum atomic E-state index is 0.538. The molecule has 1 aromatic heterocycles. The van der Waals surface area contributed by atoms with Crippen molar-refractivity contribution in [2.45, 2.75) is 13.3 Å². The molecule has 112 valence electrons. The molecule has 2 N–H and O–H groups in total. The van der Waals surface area contributed by atoms with Crippen LogP contribution in [0.4, 0.5) is 11.6 Å². The van der Waals surface area contributed by atoms with E-state index >= 15 is 0 Å². The molecule has 20 heavy (non-hydrogen) atoms. The van der Waals surface area contributed by atoms with E-state index in [4.69, 9.17) is 23.2 Å². The molecule has 0 aromatic carbocycles. The summed E-state index contributed by atoms with van der Waals surface area (Å²) in [7, 11) is 2.12. The Hall–Kier alpha value is -0.750. The molecule has 2 rings (SSSR count). The SMILES string of the molecule is CCCNc1nc(NN2CCN(C)CC2)c(Cl)cc1Cl. The standard InChI is InChI=1S/C13H21Cl2N5/c1-3-4-16-12-10(14)9-11(15)13(17-12)18-20-7-5-19(2)6-8-20/h9H,3-8H2,1-2H3,(H2,16,17,18). The molecule has 0 radical (unpaired) electrons. The molecule has 7 heteroatoms. The second-order valence-corrected chi connectivity index (χ2v) is 5.79. The highest BCUT2D eigenvalue weighted by molar-refractivity contribution is 6.37. The summed E-state index contributed by atoms with van der Waals surface area (Å²) in [5.41, 5.74) is 3.28. The van der Waals surface area contributed by atoms with Crippen molar-refractivity contribution in [3.05, 3.63) is 16.1 Å². The second kappa shape index (κ2) is 7.31. The Morgan fingerprint density at radius 1 is 1.15 bits per heavy atom. The van der Waals surface area contributed by atoms with Gasteiger partial charge in [0, 0.05) is 32.7 Å². The lowest BCUT2D eigenvalue weighted by Gasteiger charge is -2.33. The van der Waals surface area contributed by atoms with Crippen LogP contribution in [0.5, 0.6) is 0 Å². The number of halogens is 2. The summed E-state index contributed by atoms with van der Waals surface area (Å²) >= 11 is 12.4. The average Bonchev–Trinajstić information content (AvgIpc) is 2.43. The normalized spacial score (nSPS) is 17.2. The Morgan fingerprint density at radius 2 is 1.80 bits per heavy atom. The fourth-order valence-electron chi connectivity index (χ4n) is 1.98. The van der Waals surface area contributed by atoms with Crippen LogP contribution < -0.4 is 10.7 Å². The molecule has 1 aliphatic heterocycles. The van der Waals surface area contributed by atoms with Gasteiger partial charge < -0.3 is 15.6 Å². The lowest BCUT2D eigenvalue weighted by atomic mass is 10.4. The second-order valence-electron chi connectivity index (χ2n) is 4.98. The van der Waals surface area contributed by atoms with E-state index in [0.717, 1.165) is 39.1 Å². The number of hydrogen-bond acceptors (Lipinski definition) is 5. The van der Waals surface area contributed by atoms with Crippen LogP contribution in [-0.2, 0) is 0 Å². The lowest BCUT2D eigenvalue weighted by molar-refractivity contribution is 0.178. The molecular formula is C13H21Cl2N5. The van der Waals surface area contributed by atoms with Crippen molar-refractivity contribution in [1.82, 2.24) is 14.9 Å². The smallest absolute Gasteiger partial charge is 0.161 e. The van der Waals surface area contributed by atoms with Gasteiger partial charge in [0.2, 0.25) is 0 Å². The molecule has 2 heterocycles. The number of likely N-dealkylation sites (N-methyl/N-ethyl adjacent to an activating group) is 1. The highest BCUT2D eigenvalue weighted by Crippen LogP contribution is 2.29. The van der Waals surface area contributed by atoms with Crippen LogP contribution in [-0.4, -0.2) is 54.7 Å². The Balaban J connectivity index is 2.06. The number of nitrogens with one attached hydrogen (secondary N) is 2. The molecule has 1 aromatic rings. The molecule has 0 aliphatic carbocycles. The molecular weight excluding hydrogens is 297 g/mol. The zero-order valence-electron chi connectivity index (χ0n) is 11.9. The van der Waals surface area contributed by atoms with Gasteiger partial charge in [-0.25, -0.2) is 9.99 Å². The van der Waals surface area contributed by atoms with Crippen molar-refractivity contribution in [1.29, 1.82) is 0 Å². The fraction of sp³-hybridized carbons (Fsp3) is 0.615. The number of aromatic nitrogens is 1. The first-order valence-electron chi connectivity index (χ1n) is 6.90. The summed E-state index contributed by atoms with van der Waals surface area (Å²) in [6, 6.07) is 1.73. The van der Waals surface area contributed by atoms with E-state index in [0.29, 0.717) is 21.7 Å². The summed E-state index contributed by atoms with van der Waals surface area (Å²) in [4.78, 5) is 6.78. The zero-order valence-corrected chi connectivity index (χ0v) is 13.4. The number of hydrogen-bond donors (Lipinski definition) is 2. The van der Waals surface area contributed by atoms with E-state index in [2.05, 4.69) is 39.6 Å². The first-order chi connectivity index (χ1) is 9.60. The van der Waals surface area contributed by atoms with E-state index in [9.17, 15) is 0 Å². The zero-order chi connectivity index (χ0) is 14.5. The van der Waals surface area contributed by atoms with E-state index in [1.807, 2.05) is 0 Å². The highest BCUT2D eigenvalue weighted by Gasteiger charge is 2.16. The van der Waals surface area contributed by atoms with E-state index in [-0.39, 0.29) is 0 Å². The monoisotopic (exact) mass is 317 g/mol. The molecule has 0 spiro atoms. The molecule has 1 saturated heterocycles. The molecule has 0 amide bonds. The maximum absolute atomic E-state index is 6.21. The quantitative estimate of drug-likeness (QED) is 0.874. The van der Waals surface area contributed by atoms with Crippen molar-refractivity contribution in [3.63, 3.8) is 0 Å². The van der Waals surface area contributed by atoms with Crippen molar-refractivity contribution in [2.75, 3.05) is 50.5 Å². The van der Waals surface area contributed by atoms with Crippen LogP contribution in [0.1, 0.15) is 13.3 Å². The average molecular weight is 318 g/mol. The lowest BCUT2D eigenvalue weighted by Crippen LogP contribution is -2.47. The number of pyridine rings is 1. The third-order valence-electron chi connectivity index (χ3n) is 3.24. The Bertz CT molecular complexity index is 447. The van der Waals surface area contributed by atoms with Crippen LogP contribution in [0.2, 0.25) is 10.0 Å². The third kappa shape index (κ3) is 4.12. The third-order valence-corrected chi connectivity index (χ3v) is 3.82. The predicted molar refractivity (Wildman–Crippen MR) is 85.7 cm³/mol. The van der Waals surface area contributed by atoms with Crippen molar-refractivity contribution in [2.24, 2.45) is 0 Å². The fourth-order valence-corrected chi connectivity index (χ4v) is 2.45. The van der Waals surface area contributed by atoms with Gasteiger partial charge in [-0.05, 0) is 19.5 Å². The highest BCUT2D eigenvalue weighted by atomic mass is 35.5. The summed E-state index contributed by atoms with van der Waals surface area (Å²) in [5, 5.41) is 6.42. The van der Waals surface area contributed by atoms with Crippen LogP contribution in [0.25, 0.3) is 0 Å². The van der Waals surface area contributed by atoms with Crippen molar-refractivity contribution < 1.29 is 0 Å². The van der Waals surface area contributed by atoms with Gasteiger partial charge in [-0.1, -0.05) is 30.1 Å². The van der Waals surface area contributed by atoms with Gasteiger partial charge in [0.05, 0.1) is 10.0 Å². The maximum Gasteiger partial charge on any atom is 0.161 e. The van der Waals surface area contributed by atoms with Gasteiger partial charge in [0.15, 0.2) is 5.82 Å². The number of anilines is 2. The van der Waals surface area contributed by atoms with Gasteiger partial charge in [0.1, 0.15) is 5.82 Å². The van der Waals surface area contributed by atoms with Crippen LogP contribution in [0.3, 0.4) is 0 Å². The van der Waals surface area contributed by atoms with Crippen LogP contribution in [0, 0.1) is 0 Å². The minimum Gasteiger partial charge on any atom is -0.369 e. The molecule has 0 bridgehead atoms. The summed E-state index contributed by atoms with van der Waals surface area (Å²) in [5.74, 6) is 1.33. The van der Waals surface area contributed by atoms with Gasteiger partial charge in [0.25, 0.3) is 0 Å². The molecule has 0 atom stereocenters. The first kappa shape index (κ1) is 15.6. The van der Waals surface area contributed by atoms with Gasteiger partial charge in [-0.3, -0.25) is 0 Å². The van der Waals surface area contributed by atoms with E-state index in [1.54, 1.807) is 6.07 Å². The molecule has 0 unspecified atom stereocenters. The summed E-state index contributed by atoms with van der Waals surface area (Å²) in [6.45, 7) is 6.87. The Morgan fingerprint density at radius 3 is 2.45 bits per heavy atom. The summed E-state index contributed by atoms with van der Waals surface area (Å²) in [6.07, 6.45) is 1.02. The Kier molecular flexibility index (Phi) is 5.72. The maximum atomic E-state index is 6.21. The molecule has 0 saturated carbocycles. The Labute approximate surface area is 130 Å².